The van der Waals surface area contributed by atoms with Gasteiger partial charge in [0.05, 0.1) is 0 Å². The molecule has 3 aromatic carbocycles. The van der Waals surface area contributed by atoms with Gasteiger partial charge >= 0.3 is 0 Å². The quantitative estimate of drug-likeness (QED) is 0.0114. The van der Waals surface area contributed by atoms with E-state index in [1.54, 1.807) is 105 Å². The number of hydrogen-bond acceptors (Lipinski definition) is 19. The van der Waals surface area contributed by atoms with Gasteiger partial charge < -0.3 is 123 Å². The summed E-state index contributed by atoms with van der Waals surface area (Å²) in [6.45, 7) is 7.18. The van der Waals surface area contributed by atoms with Gasteiger partial charge in [0.2, 0.25) is 70.9 Å². The molecule has 39 nitrogen and oxygen atoms in total. The average molecular weight is 1620 g/mol. The van der Waals surface area contributed by atoms with E-state index in [2.05, 4.69) is 74.4 Å². The van der Waals surface area contributed by atoms with Crippen LogP contribution in [0.25, 0.3) is 0 Å². The summed E-state index contributed by atoms with van der Waals surface area (Å²) >= 11 is 0. The molecule has 12 amide bonds. The molecule has 0 saturated carbocycles. The number of hydrogen-bond donors (Lipinski definition) is 24. The maximum atomic E-state index is 15.2. The zero-order valence-electron chi connectivity index (χ0n) is 66.4. The molecule has 0 unspecified atom stereocenters. The summed E-state index contributed by atoms with van der Waals surface area (Å²) in [5.41, 5.74) is 35.3. The van der Waals surface area contributed by atoms with Gasteiger partial charge in [0.15, 0.2) is 23.8 Å². The lowest BCUT2D eigenvalue weighted by molar-refractivity contribution is -0.142. The molecule has 3 aliphatic heterocycles. The summed E-state index contributed by atoms with van der Waals surface area (Å²) in [4.78, 5) is 173. The number of primary amides is 1. The van der Waals surface area contributed by atoms with Crippen molar-refractivity contribution in [3.8, 4) is 11.5 Å². The standard InChI is InChI=1S/C77H119N25O14/c1-45(2)40-58(68(109)96-55(24-14-34-89-75(82)83)66(107)95-54(23-13-33-88-74(80)81)65(106)92-46(3)64(105)98-57(26-16-36-91-77(86)87)73(114)102-37-17-27-62(102)72(113)94-53(63(79)104)22-8-9-32-78)99-67(108)56(25-15-35-90-76(84)85)97-70(111)60(42-48-18-6-5-7-19-48)100-71(112)61-44-50-20-12-21-52(41-50)116-39-11-10-38-115-51-30-28-49(29-31-51)43-59(69(110)101-61)93-47(4)103/h5-7,10-12,18-21,28-31,41,45-46,53-62H,8-9,13-17,22-27,32-40,42-44,78H2,1-4H3,(H2,79,104)(H,92,106)(H,93,103)(H,94,113)(H,95,107)(H,96,109)(H,97,111)(H,98,105)(H,99,108)(H,100,112)(H,101,110)(H4,80,81,88)(H4,82,83,89)(H4,84,85,90)(H4,86,87,91)/b11-10+/t46-,53+,54+,55+,56+,57+,58+,59+,60+,61+,62+/m1/s1. The highest BCUT2D eigenvalue weighted by Gasteiger charge is 2.41. The molecule has 0 radical (unpaired) electrons. The van der Waals surface area contributed by atoms with E-state index >= 15 is 14.4 Å². The van der Waals surface area contributed by atoms with E-state index in [1.165, 1.54) is 18.7 Å². The van der Waals surface area contributed by atoms with Crippen LogP contribution in [0.1, 0.15) is 134 Å². The lowest BCUT2D eigenvalue weighted by Crippen LogP contribution is -2.61. The third-order valence-electron chi connectivity index (χ3n) is 18.8. The molecular formula is C77H119N25O14. The summed E-state index contributed by atoms with van der Waals surface area (Å²) in [6, 6.07) is 7.60. The topological polar surface area (TPSA) is 646 Å². The molecule has 0 aromatic heterocycles. The van der Waals surface area contributed by atoms with Gasteiger partial charge in [-0.25, -0.2) is 0 Å². The van der Waals surface area contributed by atoms with E-state index in [-0.39, 0.29) is 154 Å². The van der Waals surface area contributed by atoms with Crippen LogP contribution in [0.4, 0.5) is 0 Å². The van der Waals surface area contributed by atoms with E-state index in [0.29, 0.717) is 54.0 Å². The molecule has 636 valence electrons. The number of nitrogens with one attached hydrogen (secondary N) is 18. The molecule has 4 bridgehead atoms. The average Bonchev–Trinajstić information content (AvgIpc) is 1.63. The first-order chi connectivity index (χ1) is 55.3. The molecule has 1 fully saturated rings. The van der Waals surface area contributed by atoms with E-state index in [4.69, 9.17) is 65.5 Å². The van der Waals surface area contributed by atoms with E-state index < -0.39 is 149 Å². The number of amides is 12. The van der Waals surface area contributed by atoms with Crippen LogP contribution in [0, 0.1) is 27.6 Å². The van der Waals surface area contributed by atoms with Crippen LogP contribution >= 0.6 is 0 Å². The molecule has 1 saturated heterocycles. The summed E-state index contributed by atoms with van der Waals surface area (Å²) < 4.78 is 11.8. The second-order valence-corrected chi connectivity index (χ2v) is 28.9. The van der Waals surface area contributed by atoms with Crippen molar-refractivity contribution in [1.82, 2.24) is 79.3 Å². The third-order valence-corrected chi connectivity index (χ3v) is 18.8. The second kappa shape index (κ2) is 50.0. The van der Waals surface area contributed by atoms with Gasteiger partial charge in [-0.2, -0.15) is 0 Å². The van der Waals surface area contributed by atoms with Gasteiger partial charge in [0.25, 0.3) is 0 Å². The van der Waals surface area contributed by atoms with Crippen LogP contribution in [0.3, 0.4) is 0 Å². The fourth-order valence-electron chi connectivity index (χ4n) is 12.8. The van der Waals surface area contributed by atoms with Gasteiger partial charge in [-0.15, -0.1) is 0 Å². The Morgan fingerprint density at radius 3 is 1.51 bits per heavy atom. The van der Waals surface area contributed by atoms with Crippen LogP contribution in [-0.2, 0) is 76.8 Å². The number of carbonyl (C=O) groups is 12. The number of benzene rings is 3. The minimum atomic E-state index is -1.50. The monoisotopic (exact) mass is 1620 g/mol. The third kappa shape index (κ3) is 35.0. The Kier molecular flexibility index (Phi) is 40.7. The minimum absolute atomic E-state index is 0.00686. The lowest BCUT2D eigenvalue weighted by atomic mass is 10.00. The number of unbranched alkanes of at least 4 members (excludes halogenated alkanes) is 1. The molecule has 30 N–H and O–H groups in total. The number of nitrogens with two attached hydrogens (primary N) is 6. The summed E-state index contributed by atoms with van der Waals surface area (Å²) in [5, 5.41) is 68.8. The summed E-state index contributed by atoms with van der Waals surface area (Å²) in [6.07, 6.45) is 5.04. The van der Waals surface area contributed by atoms with Crippen LogP contribution in [-0.4, -0.2) is 219 Å². The van der Waals surface area contributed by atoms with Crippen LogP contribution < -0.4 is 118 Å². The van der Waals surface area contributed by atoms with Crippen molar-refractivity contribution in [3.05, 3.63) is 108 Å². The smallest absolute Gasteiger partial charge is 0.245 e. The first kappa shape index (κ1) is 94.3. The molecule has 0 aliphatic carbocycles. The molecule has 116 heavy (non-hydrogen) atoms. The lowest BCUT2D eigenvalue weighted by Gasteiger charge is -2.30. The zero-order valence-corrected chi connectivity index (χ0v) is 66.4. The maximum Gasteiger partial charge on any atom is 0.245 e. The predicted molar refractivity (Wildman–Crippen MR) is 434 cm³/mol. The van der Waals surface area contributed by atoms with Crippen molar-refractivity contribution >= 4 is 94.7 Å². The number of rotatable bonds is 43. The normalized spacial score (nSPS) is 17.0. The highest BCUT2D eigenvalue weighted by atomic mass is 16.5. The fraction of sp³-hybridized carbons (Fsp3) is 0.532. The van der Waals surface area contributed by atoms with E-state index in [1.807, 2.05) is 0 Å². The number of ether oxygens (including phenoxy) is 2. The molecular weight excluding hydrogens is 1500 g/mol. The molecule has 39 heteroatoms. The summed E-state index contributed by atoms with van der Waals surface area (Å²) in [7, 11) is 0. The van der Waals surface area contributed by atoms with Crippen LogP contribution in [0.5, 0.6) is 11.5 Å². The molecule has 0 spiro atoms. The number of nitrogens with zero attached hydrogens (tertiary/aromatic N) is 1. The maximum absolute atomic E-state index is 15.2. The molecule has 3 aliphatic rings. The van der Waals surface area contributed by atoms with Gasteiger partial charge in [0, 0.05) is 58.9 Å². The SMILES string of the molecule is CC(=O)N[C@H]1Cc2ccc(cc2)OC/C=C/COc2cccc(c2)C[C@@H](C(=O)N[C@@H](Cc2ccccc2)C(=O)N[C@@H](CCCNC(=N)N)C(=O)N[C@@H](CC(C)C)C(=O)N[C@@H](CCCNC(=N)N)C(=O)N[C@@H](CCCNC(=N)N)C(=O)N[C@H](C)C(=O)N[C@@H](CCCNC(=N)N)C(=O)N2CCC[C@H]2C(=O)N[C@@H](CCCCN)C(N)=O)NC1=O. The Morgan fingerprint density at radius 2 is 0.991 bits per heavy atom. The Balaban J connectivity index is 1.44. The van der Waals surface area contributed by atoms with Gasteiger partial charge in [0.1, 0.15) is 91.2 Å². The molecule has 11 atom stereocenters. The van der Waals surface area contributed by atoms with Crippen molar-refractivity contribution in [2.24, 2.45) is 40.3 Å². The van der Waals surface area contributed by atoms with Crippen molar-refractivity contribution in [1.29, 1.82) is 21.6 Å². The molecule has 6 rings (SSSR count). The largest absolute Gasteiger partial charge is 0.490 e. The minimum Gasteiger partial charge on any atom is -0.490 e. The van der Waals surface area contributed by atoms with Gasteiger partial charge in [-0.3, -0.25) is 79.2 Å². The molecule has 3 heterocycles. The number of guanidine groups is 4. The van der Waals surface area contributed by atoms with Crippen molar-refractivity contribution in [2.45, 2.75) is 203 Å². The fourth-order valence-corrected chi connectivity index (χ4v) is 12.8. The first-order valence-corrected chi connectivity index (χ1v) is 39.0. The zero-order chi connectivity index (χ0) is 85.2. The predicted octanol–water partition coefficient (Wildman–Crippen LogP) is -3.37. The Morgan fingerprint density at radius 1 is 0.509 bits per heavy atom. The van der Waals surface area contributed by atoms with E-state index in [0.717, 1.165) is 0 Å². The molecule has 3 aromatic rings. The van der Waals surface area contributed by atoms with Crippen LogP contribution in [0.2, 0.25) is 0 Å². The Bertz CT molecular complexity index is 3850. The summed E-state index contributed by atoms with van der Waals surface area (Å²) in [5.74, 6) is -10.4. The van der Waals surface area contributed by atoms with Gasteiger partial charge in [-0.1, -0.05) is 68.4 Å². The van der Waals surface area contributed by atoms with Crippen molar-refractivity contribution < 1.29 is 67.0 Å². The number of fused-ring (bicyclic) bond motifs is 11. The Hall–Kier alpha value is -12.3. The van der Waals surface area contributed by atoms with Crippen LogP contribution in [0.15, 0.2) is 91.0 Å². The van der Waals surface area contributed by atoms with Crippen molar-refractivity contribution in [3.63, 3.8) is 0 Å². The highest BCUT2D eigenvalue weighted by Crippen LogP contribution is 2.22. The second-order valence-electron chi connectivity index (χ2n) is 28.9. The van der Waals surface area contributed by atoms with Crippen molar-refractivity contribution in [2.75, 3.05) is 52.5 Å². The van der Waals surface area contributed by atoms with E-state index in [9.17, 15) is 43.2 Å². The van der Waals surface area contributed by atoms with Gasteiger partial charge in [-0.05, 0) is 162 Å². The first-order valence-electron chi connectivity index (χ1n) is 39.0. The highest BCUT2D eigenvalue weighted by molar-refractivity contribution is 6.00. The Labute approximate surface area is 675 Å². The number of likely N-dealkylation sites (tertiary alicyclic amines) is 1. The number of carbonyl (C=O) groups excluding carboxylic acids is 12.